The molecule has 0 aromatic heterocycles. The van der Waals surface area contributed by atoms with Crippen LogP contribution >= 0.6 is 11.6 Å². The quantitative estimate of drug-likeness (QED) is 0.378. The van der Waals surface area contributed by atoms with Gasteiger partial charge in [0.2, 0.25) is 11.8 Å². The van der Waals surface area contributed by atoms with Gasteiger partial charge in [-0.3, -0.25) is 14.4 Å². The Hall–Kier alpha value is -4.01. The van der Waals surface area contributed by atoms with E-state index in [0.29, 0.717) is 43.8 Å². The molecule has 2 heterocycles. The summed E-state index contributed by atoms with van der Waals surface area (Å²) in [5.74, 6) is -0.547. The molecule has 3 aromatic rings. The maximum absolute atomic E-state index is 14.2. The van der Waals surface area contributed by atoms with Crippen LogP contribution < -0.4 is 11.1 Å². The van der Waals surface area contributed by atoms with Crippen molar-refractivity contribution in [3.05, 3.63) is 106 Å². The summed E-state index contributed by atoms with van der Waals surface area (Å²) in [6.45, 7) is 1.03. The molecule has 0 radical (unpaired) electrons. The number of nitrogens with one attached hydrogen (secondary N) is 1. The van der Waals surface area contributed by atoms with Crippen molar-refractivity contribution in [2.75, 3.05) is 20.1 Å². The van der Waals surface area contributed by atoms with E-state index in [9.17, 15) is 14.4 Å². The molecular weight excluding hydrogens is 550 g/mol. The molecule has 42 heavy (non-hydrogen) atoms. The van der Waals surface area contributed by atoms with Crippen LogP contribution in [0, 0.1) is 5.41 Å². The van der Waals surface area contributed by atoms with Gasteiger partial charge >= 0.3 is 0 Å². The van der Waals surface area contributed by atoms with Crippen LogP contribution in [0.5, 0.6) is 0 Å². The lowest BCUT2D eigenvalue weighted by Crippen LogP contribution is -2.59. The first-order chi connectivity index (χ1) is 20.3. The Bertz CT molecular complexity index is 1480. The third-order valence-electron chi connectivity index (χ3n) is 8.21. The number of hydrazone groups is 1. The van der Waals surface area contributed by atoms with E-state index in [4.69, 9.17) is 17.3 Å². The first kappa shape index (κ1) is 29.5. The highest BCUT2D eigenvalue weighted by molar-refractivity contribution is 6.30. The molecule has 3 amide bonds. The Morgan fingerprint density at radius 2 is 1.69 bits per heavy atom. The van der Waals surface area contributed by atoms with Gasteiger partial charge in [-0.25, -0.2) is 5.01 Å². The zero-order valence-electron chi connectivity index (χ0n) is 23.8. The Balaban J connectivity index is 1.36. The van der Waals surface area contributed by atoms with Crippen molar-refractivity contribution in [3.63, 3.8) is 0 Å². The monoisotopic (exact) mass is 585 g/mol. The van der Waals surface area contributed by atoms with Crippen LogP contribution in [-0.2, 0) is 40.2 Å². The molecule has 2 atom stereocenters. The standard InChI is InChI=1S/C33H36ClN5O3/c1-38-32(42)33(20-24-7-3-2-4-8-24)22-39(18-17-29(33)37-38)31(41)28(19-23-11-14-27(34)15-12-23)36-30(40)16-13-25-9-5-6-10-26(25)21-35/h2-12,14-15,28H,13,16-22,35H2,1H3,(H,36,40). The highest BCUT2D eigenvalue weighted by atomic mass is 35.5. The molecule has 2 aliphatic heterocycles. The molecule has 2 unspecified atom stereocenters. The average Bonchev–Trinajstić information content (AvgIpc) is 3.25. The van der Waals surface area contributed by atoms with Gasteiger partial charge in [-0.05, 0) is 47.2 Å². The highest BCUT2D eigenvalue weighted by Gasteiger charge is 2.53. The normalized spacial score (nSPS) is 18.8. The molecule has 0 spiro atoms. The summed E-state index contributed by atoms with van der Waals surface area (Å²) >= 11 is 6.10. The second-order valence-electron chi connectivity index (χ2n) is 11.1. The Morgan fingerprint density at radius 1 is 1.00 bits per heavy atom. The number of carbonyl (C=O) groups excluding carboxylic acids is 3. The Kier molecular flexibility index (Phi) is 9.04. The fourth-order valence-corrected chi connectivity index (χ4v) is 6.13. The lowest BCUT2D eigenvalue weighted by molar-refractivity contribution is -0.142. The first-order valence-corrected chi connectivity index (χ1v) is 14.7. The van der Waals surface area contributed by atoms with E-state index < -0.39 is 11.5 Å². The molecule has 9 heteroatoms. The van der Waals surface area contributed by atoms with Crippen molar-refractivity contribution in [2.24, 2.45) is 16.3 Å². The fourth-order valence-electron chi connectivity index (χ4n) is 6.01. The number of halogens is 1. The van der Waals surface area contributed by atoms with E-state index in [-0.39, 0.29) is 30.7 Å². The molecule has 0 aliphatic carbocycles. The highest BCUT2D eigenvalue weighted by Crippen LogP contribution is 2.38. The third-order valence-corrected chi connectivity index (χ3v) is 8.46. The van der Waals surface area contributed by atoms with Crippen molar-refractivity contribution >= 4 is 35.0 Å². The van der Waals surface area contributed by atoms with Crippen LogP contribution in [0.3, 0.4) is 0 Å². The van der Waals surface area contributed by atoms with Crippen LogP contribution in [0.15, 0.2) is 84.0 Å². The van der Waals surface area contributed by atoms with Gasteiger partial charge in [0, 0.05) is 51.0 Å². The smallest absolute Gasteiger partial charge is 0.256 e. The summed E-state index contributed by atoms with van der Waals surface area (Å²) in [6, 6.07) is 24.1. The number of nitrogens with two attached hydrogens (primary N) is 1. The van der Waals surface area contributed by atoms with E-state index in [1.54, 1.807) is 24.1 Å². The maximum atomic E-state index is 14.2. The number of fused-ring (bicyclic) bond motifs is 1. The Labute approximate surface area is 251 Å². The number of hydrogen-bond donors (Lipinski definition) is 2. The van der Waals surface area contributed by atoms with Crippen molar-refractivity contribution in [2.45, 2.75) is 44.7 Å². The zero-order chi connectivity index (χ0) is 29.7. The summed E-state index contributed by atoms with van der Waals surface area (Å²) in [5, 5.41) is 9.57. The number of amides is 3. The maximum Gasteiger partial charge on any atom is 0.256 e. The van der Waals surface area contributed by atoms with Crippen LogP contribution in [-0.4, -0.2) is 59.5 Å². The number of rotatable bonds is 10. The first-order valence-electron chi connectivity index (χ1n) is 14.3. The van der Waals surface area contributed by atoms with Crippen LogP contribution in [0.2, 0.25) is 5.02 Å². The molecule has 0 saturated carbocycles. The number of piperidine rings is 1. The lowest BCUT2D eigenvalue weighted by atomic mass is 9.73. The molecule has 3 aromatic carbocycles. The Morgan fingerprint density at radius 3 is 2.40 bits per heavy atom. The molecule has 1 fully saturated rings. The van der Waals surface area contributed by atoms with E-state index >= 15 is 0 Å². The van der Waals surface area contributed by atoms with E-state index in [2.05, 4.69) is 10.4 Å². The van der Waals surface area contributed by atoms with Crippen LogP contribution in [0.1, 0.15) is 35.1 Å². The van der Waals surface area contributed by atoms with Crippen molar-refractivity contribution in [1.82, 2.24) is 15.2 Å². The summed E-state index contributed by atoms with van der Waals surface area (Å²) < 4.78 is 0. The molecule has 1 saturated heterocycles. The molecule has 3 N–H and O–H groups in total. The lowest BCUT2D eigenvalue weighted by Gasteiger charge is -2.40. The topological polar surface area (TPSA) is 108 Å². The number of carbonyl (C=O) groups is 3. The predicted molar refractivity (Wildman–Crippen MR) is 164 cm³/mol. The number of hydrogen-bond acceptors (Lipinski definition) is 5. The summed E-state index contributed by atoms with van der Waals surface area (Å²) in [7, 11) is 1.67. The molecular formula is C33H36ClN5O3. The second-order valence-corrected chi connectivity index (χ2v) is 11.5. The van der Waals surface area contributed by atoms with Crippen molar-refractivity contribution in [1.29, 1.82) is 0 Å². The fraction of sp³-hybridized carbons (Fsp3) is 0.333. The third kappa shape index (κ3) is 6.40. The van der Waals surface area contributed by atoms with Gasteiger partial charge in [0.1, 0.15) is 11.5 Å². The minimum atomic E-state index is -0.926. The van der Waals surface area contributed by atoms with Gasteiger partial charge in [-0.1, -0.05) is 78.3 Å². The molecule has 0 bridgehead atoms. The summed E-state index contributed by atoms with van der Waals surface area (Å²) in [4.78, 5) is 42.7. The largest absolute Gasteiger partial charge is 0.344 e. The second kappa shape index (κ2) is 12.9. The van der Waals surface area contributed by atoms with Gasteiger partial charge in [-0.15, -0.1) is 0 Å². The molecule has 5 rings (SSSR count). The van der Waals surface area contributed by atoms with Gasteiger partial charge in [0.05, 0.1) is 5.71 Å². The van der Waals surface area contributed by atoms with Crippen molar-refractivity contribution < 1.29 is 14.4 Å². The molecule has 8 nitrogen and oxygen atoms in total. The average molecular weight is 586 g/mol. The minimum absolute atomic E-state index is 0.115. The van der Waals surface area contributed by atoms with Crippen LogP contribution in [0.4, 0.5) is 0 Å². The number of nitrogens with zero attached hydrogens (tertiary/aromatic N) is 3. The van der Waals surface area contributed by atoms with Gasteiger partial charge in [-0.2, -0.15) is 5.10 Å². The van der Waals surface area contributed by atoms with E-state index in [1.807, 2.05) is 66.7 Å². The van der Waals surface area contributed by atoms with Gasteiger partial charge < -0.3 is 16.0 Å². The molecule has 2 aliphatic rings. The SMILES string of the molecule is CN1N=C2CCN(C(=O)C(Cc3ccc(Cl)cc3)NC(=O)CCc3ccccc3CN)CC2(Cc2ccccc2)C1=O. The predicted octanol–water partition coefficient (Wildman–Crippen LogP) is 3.75. The van der Waals surface area contributed by atoms with Crippen molar-refractivity contribution in [3.8, 4) is 0 Å². The minimum Gasteiger partial charge on any atom is -0.344 e. The number of benzene rings is 3. The molecule has 218 valence electrons. The van der Waals surface area contributed by atoms with Gasteiger partial charge in [0.25, 0.3) is 5.91 Å². The van der Waals surface area contributed by atoms with Crippen LogP contribution in [0.25, 0.3) is 0 Å². The van der Waals surface area contributed by atoms with Gasteiger partial charge in [0.15, 0.2) is 0 Å². The van der Waals surface area contributed by atoms with E-state index in [1.165, 1.54) is 5.01 Å². The summed E-state index contributed by atoms with van der Waals surface area (Å²) in [6.07, 6.45) is 1.99. The number of aryl methyl sites for hydroxylation is 1. The summed E-state index contributed by atoms with van der Waals surface area (Å²) in [5.41, 5.74) is 9.66. The zero-order valence-corrected chi connectivity index (χ0v) is 24.5. The van der Waals surface area contributed by atoms with E-state index in [0.717, 1.165) is 28.0 Å². The number of likely N-dealkylation sites (tertiary alicyclic amines) is 1.